The Kier molecular flexibility index (Phi) is 9.02. The molecule has 0 aliphatic heterocycles. The molecular weight excluding hydrogens is 384 g/mol. The van der Waals surface area contributed by atoms with E-state index in [1.54, 1.807) is 0 Å². The number of hydrogen-bond donors (Lipinski definition) is 2. The molecule has 6 heteroatoms. The summed E-state index contributed by atoms with van der Waals surface area (Å²) in [6.07, 6.45) is 0.590. The number of hydrogen-bond acceptors (Lipinski definition) is 4. The van der Waals surface area contributed by atoms with E-state index < -0.39 is 16.6 Å². The van der Waals surface area contributed by atoms with E-state index in [2.05, 4.69) is 75.4 Å². The highest BCUT2D eigenvalue weighted by Gasteiger charge is 2.58. The predicted molar refractivity (Wildman–Crippen MR) is 124 cm³/mol. The molecule has 1 fully saturated rings. The summed E-state index contributed by atoms with van der Waals surface area (Å²) in [6, 6.07) is 0. The third kappa shape index (κ3) is 4.94. The van der Waals surface area contributed by atoms with Crippen LogP contribution in [0.25, 0.3) is 0 Å². The second kappa shape index (κ2) is 9.60. The number of aliphatic hydroxyl groups is 2. The van der Waals surface area contributed by atoms with Crippen LogP contribution in [0, 0.1) is 11.8 Å². The lowest BCUT2D eigenvalue weighted by molar-refractivity contribution is -0.158. The molecule has 0 aromatic carbocycles. The Morgan fingerprint density at radius 3 is 1.54 bits per heavy atom. The molecule has 4 nitrogen and oxygen atoms in total. The lowest BCUT2D eigenvalue weighted by Gasteiger charge is -2.58. The van der Waals surface area contributed by atoms with Crippen LogP contribution >= 0.6 is 0 Å². The second-order valence-corrected chi connectivity index (χ2v) is 21.4. The Morgan fingerprint density at radius 2 is 1.21 bits per heavy atom. The lowest BCUT2D eigenvalue weighted by Crippen LogP contribution is -2.67. The summed E-state index contributed by atoms with van der Waals surface area (Å²) in [4.78, 5) is 0. The fourth-order valence-electron chi connectivity index (χ4n) is 5.07. The number of rotatable bonds is 10. The molecule has 168 valence electrons. The van der Waals surface area contributed by atoms with E-state index in [0.717, 1.165) is 0 Å². The molecule has 0 unspecified atom stereocenters. The van der Waals surface area contributed by atoms with Gasteiger partial charge in [-0.3, -0.25) is 0 Å². The Balaban J connectivity index is 3.27. The van der Waals surface area contributed by atoms with Crippen molar-refractivity contribution < 1.29 is 19.1 Å². The van der Waals surface area contributed by atoms with Crippen molar-refractivity contribution in [3.05, 3.63) is 0 Å². The Labute approximate surface area is 176 Å². The molecule has 1 aliphatic rings. The maximum absolute atomic E-state index is 10.2. The Hall–Kier alpha value is 0.274. The van der Waals surface area contributed by atoms with Crippen molar-refractivity contribution in [1.82, 2.24) is 0 Å². The van der Waals surface area contributed by atoms with Crippen molar-refractivity contribution in [2.24, 2.45) is 11.8 Å². The second-order valence-electron chi connectivity index (χ2n) is 11.3. The predicted octanol–water partition coefficient (Wildman–Crippen LogP) is 5.56. The van der Waals surface area contributed by atoms with Crippen molar-refractivity contribution in [3.63, 3.8) is 0 Å². The van der Waals surface area contributed by atoms with Gasteiger partial charge in [0.2, 0.25) is 8.32 Å². The molecule has 0 spiro atoms. The minimum Gasteiger partial charge on any atom is -0.411 e. The monoisotopic (exact) mass is 432 g/mol. The van der Waals surface area contributed by atoms with Gasteiger partial charge < -0.3 is 19.1 Å². The Morgan fingerprint density at radius 1 is 0.786 bits per heavy atom. The van der Waals surface area contributed by atoms with Crippen molar-refractivity contribution in [1.29, 1.82) is 0 Å². The summed E-state index contributed by atoms with van der Waals surface area (Å²) in [7, 11) is -4.05. The zero-order chi connectivity index (χ0) is 22.1. The van der Waals surface area contributed by atoms with Crippen LogP contribution < -0.4 is 0 Å². The van der Waals surface area contributed by atoms with E-state index in [1.165, 1.54) is 0 Å². The van der Waals surface area contributed by atoms with Crippen LogP contribution in [0.5, 0.6) is 0 Å². The van der Waals surface area contributed by atoms with Crippen LogP contribution in [-0.4, -0.2) is 52.3 Å². The fourth-order valence-corrected chi connectivity index (χ4v) is 12.0. The first-order valence-electron chi connectivity index (χ1n) is 11.2. The first-order valence-corrected chi connectivity index (χ1v) is 16.3. The lowest BCUT2D eigenvalue weighted by atomic mass is 9.67. The maximum Gasteiger partial charge on any atom is 0.200 e. The smallest absolute Gasteiger partial charge is 0.200 e. The molecule has 0 bridgehead atoms. The molecule has 0 aromatic heterocycles. The van der Waals surface area contributed by atoms with Gasteiger partial charge in [-0.25, -0.2) is 0 Å². The summed E-state index contributed by atoms with van der Waals surface area (Å²) >= 11 is 0. The van der Waals surface area contributed by atoms with Crippen molar-refractivity contribution in [2.75, 3.05) is 13.2 Å². The highest BCUT2D eigenvalue weighted by molar-refractivity contribution is 6.77. The summed E-state index contributed by atoms with van der Waals surface area (Å²) in [5.74, 6) is 0.234. The molecule has 0 amide bonds. The van der Waals surface area contributed by atoms with E-state index in [4.69, 9.17) is 8.85 Å². The van der Waals surface area contributed by atoms with Crippen LogP contribution in [0.1, 0.15) is 68.7 Å². The zero-order valence-corrected chi connectivity index (χ0v) is 22.4. The first-order chi connectivity index (χ1) is 12.7. The SMILES string of the molecule is CC(C)[Si](O[C@@H]1[C@@H](CO)[C@@H](CCO)[C@H]1O[Si](C)(C)C(C)(C)C)(C(C)C)C(C)C. The fraction of sp³-hybridized carbons (Fsp3) is 1.00. The van der Waals surface area contributed by atoms with Gasteiger partial charge in [0.15, 0.2) is 8.32 Å². The average Bonchev–Trinajstić information content (AvgIpc) is 2.53. The highest BCUT2D eigenvalue weighted by Crippen LogP contribution is 2.51. The van der Waals surface area contributed by atoms with E-state index in [9.17, 15) is 10.2 Å². The minimum absolute atomic E-state index is 0.0201. The molecule has 4 atom stereocenters. The van der Waals surface area contributed by atoms with Gasteiger partial charge in [0.05, 0.1) is 12.2 Å². The molecule has 1 saturated carbocycles. The minimum atomic E-state index is -2.07. The van der Waals surface area contributed by atoms with Crippen molar-refractivity contribution in [3.8, 4) is 0 Å². The Bertz CT molecular complexity index is 464. The van der Waals surface area contributed by atoms with Gasteiger partial charge in [0.25, 0.3) is 0 Å². The van der Waals surface area contributed by atoms with Gasteiger partial charge in [-0.15, -0.1) is 0 Å². The third-order valence-corrected chi connectivity index (χ3v) is 18.2. The standard InChI is InChI=1S/C22H48O4Si2/c1-15(2)28(16(3)4,17(5)6)26-21-19(14-24)18(12-13-23)20(21)25-27(10,11)22(7,8)9/h15-21,23-24H,12-14H2,1-11H3/t18-,19+,20-,21-/m1/s1. The van der Waals surface area contributed by atoms with Crippen LogP contribution in [0.2, 0.25) is 34.8 Å². The molecule has 0 heterocycles. The molecule has 0 aromatic rings. The molecule has 1 rings (SSSR count). The summed E-state index contributed by atoms with van der Waals surface area (Å²) in [6.45, 7) is 25.4. The molecule has 1 aliphatic carbocycles. The highest BCUT2D eigenvalue weighted by atomic mass is 28.4. The van der Waals surface area contributed by atoms with E-state index >= 15 is 0 Å². The van der Waals surface area contributed by atoms with Gasteiger partial charge in [-0.1, -0.05) is 62.3 Å². The van der Waals surface area contributed by atoms with Gasteiger partial charge in [-0.2, -0.15) is 0 Å². The maximum atomic E-state index is 10.2. The summed E-state index contributed by atoms with van der Waals surface area (Å²) < 4.78 is 14.0. The molecule has 2 N–H and O–H groups in total. The quantitative estimate of drug-likeness (QED) is 0.444. The van der Waals surface area contributed by atoms with Crippen molar-refractivity contribution >= 4 is 16.6 Å². The zero-order valence-electron chi connectivity index (χ0n) is 20.4. The molecule has 0 saturated heterocycles. The van der Waals surface area contributed by atoms with Crippen LogP contribution in [-0.2, 0) is 8.85 Å². The molecular formula is C22H48O4Si2. The van der Waals surface area contributed by atoms with Crippen LogP contribution in [0.15, 0.2) is 0 Å². The summed E-state index contributed by atoms with van der Waals surface area (Å²) in [5, 5.41) is 19.9. The van der Waals surface area contributed by atoms with Gasteiger partial charge in [0.1, 0.15) is 0 Å². The van der Waals surface area contributed by atoms with Gasteiger partial charge in [-0.05, 0) is 47.1 Å². The van der Waals surface area contributed by atoms with Crippen molar-refractivity contribution in [2.45, 2.75) is 116 Å². The summed E-state index contributed by atoms with van der Waals surface area (Å²) in [5.41, 5.74) is 1.49. The van der Waals surface area contributed by atoms with Crippen LogP contribution in [0.3, 0.4) is 0 Å². The normalized spacial score (nSPS) is 27.0. The third-order valence-electron chi connectivity index (χ3n) is 7.68. The molecule has 28 heavy (non-hydrogen) atoms. The largest absolute Gasteiger partial charge is 0.411 e. The first kappa shape index (κ1) is 26.3. The van der Waals surface area contributed by atoms with Gasteiger partial charge >= 0.3 is 0 Å². The topological polar surface area (TPSA) is 58.9 Å². The average molecular weight is 433 g/mol. The number of aliphatic hydroxyl groups excluding tert-OH is 2. The van der Waals surface area contributed by atoms with Gasteiger partial charge in [0, 0.05) is 19.1 Å². The van der Waals surface area contributed by atoms with E-state index in [1.807, 2.05) is 0 Å². The van der Waals surface area contributed by atoms with Crippen LogP contribution in [0.4, 0.5) is 0 Å². The van der Waals surface area contributed by atoms with E-state index in [0.29, 0.717) is 23.0 Å². The molecule has 0 radical (unpaired) electrons. The van der Waals surface area contributed by atoms with E-state index in [-0.39, 0.29) is 42.3 Å².